The molecule has 0 aromatic carbocycles. The zero-order valence-electron chi connectivity index (χ0n) is 6.85. The molecule has 0 saturated carbocycles. The summed E-state index contributed by atoms with van der Waals surface area (Å²) in [6.45, 7) is 7.98. The average Bonchev–Trinajstić information content (AvgIpc) is 1.90. The van der Waals surface area contributed by atoms with Crippen LogP contribution in [-0.2, 0) is 9.22 Å². The Kier molecular flexibility index (Phi) is 8.31. The summed E-state index contributed by atoms with van der Waals surface area (Å²) < 4.78 is 15.8. The molecule has 0 amide bonds. The van der Waals surface area contributed by atoms with Crippen LogP contribution in [0.4, 0.5) is 0 Å². The molecule has 3 nitrogen and oxygen atoms in total. The van der Waals surface area contributed by atoms with Gasteiger partial charge in [0, 0.05) is 0 Å². The van der Waals surface area contributed by atoms with Crippen LogP contribution in [0.3, 0.4) is 0 Å². The Labute approximate surface area is 71.0 Å². The molecule has 0 aromatic heterocycles. The van der Waals surface area contributed by atoms with Crippen molar-refractivity contribution in [1.82, 2.24) is 0 Å². The molecule has 0 heterocycles. The third-order valence-corrected chi connectivity index (χ3v) is 5.28. The van der Waals surface area contributed by atoms with Gasteiger partial charge in [-0.05, 0) is 0 Å². The molecule has 0 unspecified atom stereocenters. The van der Waals surface area contributed by atoms with E-state index in [-0.39, 0.29) is 0 Å². The van der Waals surface area contributed by atoms with Crippen molar-refractivity contribution >= 4 is 21.0 Å². The first kappa shape index (κ1) is 10.7. The Morgan fingerprint density at radius 1 is 0.800 bits per heavy atom. The predicted molar refractivity (Wildman–Crippen MR) is 40.6 cm³/mol. The van der Waals surface area contributed by atoms with Crippen molar-refractivity contribution in [2.24, 2.45) is 0 Å². The third-order valence-electron chi connectivity index (χ3n) is 0.787. The van der Waals surface area contributed by atoms with Crippen molar-refractivity contribution in [3.05, 3.63) is 0 Å². The first-order valence-corrected chi connectivity index (χ1v) is 7.10. The molecule has 0 aliphatic heterocycles. The van der Waals surface area contributed by atoms with Gasteiger partial charge in [-0.3, -0.25) is 0 Å². The maximum atomic E-state index is 5.28. The van der Waals surface area contributed by atoms with Crippen LogP contribution in [0.25, 0.3) is 0 Å². The van der Waals surface area contributed by atoms with Crippen molar-refractivity contribution in [3.63, 3.8) is 0 Å². The number of hydrogen-bond donors (Lipinski definition) is 0. The van der Waals surface area contributed by atoms with Crippen molar-refractivity contribution in [1.29, 1.82) is 0 Å². The Morgan fingerprint density at radius 2 is 1.10 bits per heavy atom. The van der Waals surface area contributed by atoms with Crippen LogP contribution in [0.5, 0.6) is 0 Å². The normalized spacial score (nSPS) is 10.8. The van der Waals surface area contributed by atoms with Crippen molar-refractivity contribution in [2.45, 2.75) is 20.8 Å². The van der Waals surface area contributed by atoms with E-state index in [1.54, 1.807) is 0 Å². The van der Waals surface area contributed by atoms with E-state index in [1.807, 2.05) is 20.8 Å². The van der Waals surface area contributed by atoms with Gasteiger partial charge < -0.3 is 0 Å². The molecule has 0 bridgehead atoms. The molecular weight excluding hydrogens is 239 g/mol. The number of hydrogen-bond acceptors (Lipinski definition) is 3. The van der Waals surface area contributed by atoms with E-state index in [9.17, 15) is 0 Å². The Balaban J connectivity index is 3.30. The zero-order valence-corrected chi connectivity index (χ0v) is 9.70. The van der Waals surface area contributed by atoms with E-state index in [0.717, 1.165) is 0 Å². The molecule has 4 heteroatoms. The third kappa shape index (κ3) is 5.46. The van der Waals surface area contributed by atoms with Crippen molar-refractivity contribution < 1.29 is 9.22 Å². The van der Waals surface area contributed by atoms with Gasteiger partial charge in [-0.25, -0.2) is 0 Å². The summed E-state index contributed by atoms with van der Waals surface area (Å²) in [4.78, 5) is 0. The molecule has 0 rings (SSSR count). The summed E-state index contributed by atoms with van der Waals surface area (Å²) in [5.74, 6) is 0. The second kappa shape index (κ2) is 7.78. The van der Waals surface area contributed by atoms with Crippen molar-refractivity contribution in [2.75, 3.05) is 19.8 Å². The van der Waals surface area contributed by atoms with Gasteiger partial charge in [-0.2, -0.15) is 0 Å². The molecule has 0 fully saturated rings. The summed E-state index contributed by atoms with van der Waals surface area (Å²) in [5.41, 5.74) is 0. The maximum absolute atomic E-state index is 5.28. The van der Waals surface area contributed by atoms with Gasteiger partial charge in [-0.15, -0.1) is 0 Å². The second-order valence-electron chi connectivity index (χ2n) is 1.55. The van der Waals surface area contributed by atoms with Gasteiger partial charge in [-0.1, -0.05) is 0 Å². The van der Waals surface area contributed by atoms with Crippen molar-refractivity contribution in [3.8, 4) is 0 Å². The molecular formula is C6H15O3Sn. The van der Waals surface area contributed by atoms with Gasteiger partial charge in [0.25, 0.3) is 0 Å². The SMILES string of the molecule is CC[O][Sn]([O]CC)[O]CC. The van der Waals surface area contributed by atoms with Crippen LogP contribution < -0.4 is 0 Å². The van der Waals surface area contributed by atoms with E-state index in [0.29, 0.717) is 19.8 Å². The Bertz CT molecular complexity index is 55.7. The summed E-state index contributed by atoms with van der Waals surface area (Å²) in [6, 6.07) is 0. The van der Waals surface area contributed by atoms with Gasteiger partial charge in [0.2, 0.25) is 0 Å². The first-order chi connectivity index (χ1) is 4.85. The van der Waals surface area contributed by atoms with Crippen LogP contribution in [-0.4, -0.2) is 40.8 Å². The molecule has 0 aromatic rings. The first-order valence-electron chi connectivity index (χ1n) is 3.60. The minimum atomic E-state index is -2.26. The number of rotatable bonds is 6. The molecule has 0 aliphatic carbocycles. The summed E-state index contributed by atoms with van der Waals surface area (Å²) in [6.07, 6.45) is 0. The van der Waals surface area contributed by atoms with Crippen LogP contribution >= 0.6 is 0 Å². The van der Waals surface area contributed by atoms with E-state index in [2.05, 4.69) is 0 Å². The second-order valence-corrected chi connectivity index (χ2v) is 5.45. The van der Waals surface area contributed by atoms with Crippen LogP contribution in [0.15, 0.2) is 0 Å². The van der Waals surface area contributed by atoms with E-state index in [4.69, 9.17) is 9.22 Å². The van der Waals surface area contributed by atoms with Crippen LogP contribution in [0.1, 0.15) is 20.8 Å². The van der Waals surface area contributed by atoms with Gasteiger partial charge in [0.15, 0.2) is 0 Å². The topological polar surface area (TPSA) is 27.7 Å². The molecule has 61 valence electrons. The van der Waals surface area contributed by atoms with Gasteiger partial charge in [0.05, 0.1) is 0 Å². The Morgan fingerprint density at radius 3 is 1.30 bits per heavy atom. The molecule has 0 aliphatic rings. The molecule has 10 heavy (non-hydrogen) atoms. The quantitative estimate of drug-likeness (QED) is 0.664. The molecule has 0 N–H and O–H groups in total. The van der Waals surface area contributed by atoms with Crippen LogP contribution in [0.2, 0.25) is 0 Å². The minimum absolute atomic E-state index is 0.703. The molecule has 1 radical (unpaired) electrons. The molecule has 0 atom stereocenters. The fourth-order valence-corrected chi connectivity index (χ4v) is 3.21. The fourth-order valence-electron chi connectivity index (χ4n) is 0.479. The zero-order chi connectivity index (χ0) is 7.82. The molecule has 0 spiro atoms. The van der Waals surface area contributed by atoms with Gasteiger partial charge in [0.1, 0.15) is 0 Å². The fraction of sp³-hybridized carbons (Fsp3) is 1.00. The van der Waals surface area contributed by atoms with E-state index >= 15 is 0 Å². The Hall–Kier alpha value is 0.679. The summed E-state index contributed by atoms with van der Waals surface area (Å²) >= 11 is -2.26. The summed E-state index contributed by atoms with van der Waals surface area (Å²) in [7, 11) is 0. The van der Waals surface area contributed by atoms with E-state index in [1.165, 1.54) is 0 Å². The summed E-state index contributed by atoms with van der Waals surface area (Å²) in [5, 5.41) is 0. The van der Waals surface area contributed by atoms with Crippen LogP contribution in [0, 0.1) is 0 Å². The standard InChI is InChI=1S/3C2H5O.Sn/c3*1-2-3;/h3*2H2,1H3;/q3*-1;+3. The molecule has 0 saturated heterocycles. The predicted octanol–water partition coefficient (Wildman–Crippen LogP) is 1.08. The average molecular weight is 254 g/mol. The van der Waals surface area contributed by atoms with Gasteiger partial charge >= 0.3 is 70.8 Å². The van der Waals surface area contributed by atoms with E-state index < -0.39 is 21.0 Å². The monoisotopic (exact) mass is 255 g/mol.